The molecule has 1 aliphatic heterocycles. The normalized spacial score (nSPS) is 20.4. The molecule has 2 aromatic rings. The van der Waals surface area contributed by atoms with E-state index >= 15 is 0 Å². The number of likely N-dealkylation sites (tertiary alicyclic amines) is 1. The number of rotatable bonds is 2. The molecule has 1 saturated heterocycles. The molecule has 1 atom stereocenters. The standard InChI is InChI=1S/C16H19N3O.2ClH/c1-16(10-17)8-9-19(11-16)15(20)14-7-6-12-4-2-3-5-13(12)18-14;;/h2-7H,8-11,17H2,1H3;2*1H. The van der Waals surface area contributed by atoms with Crippen molar-refractivity contribution in [3.63, 3.8) is 0 Å². The van der Waals surface area contributed by atoms with Crippen molar-refractivity contribution >= 4 is 41.6 Å². The number of pyridine rings is 1. The number of aromatic nitrogens is 1. The fourth-order valence-electron chi connectivity index (χ4n) is 2.71. The Morgan fingerprint density at radius 1 is 1.27 bits per heavy atom. The molecule has 2 heterocycles. The number of para-hydroxylation sites is 1. The molecule has 6 heteroatoms. The molecule has 0 spiro atoms. The van der Waals surface area contributed by atoms with Gasteiger partial charge in [0.15, 0.2) is 0 Å². The largest absolute Gasteiger partial charge is 0.337 e. The molecular formula is C16H21Cl2N3O. The summed E-state index contributed by atoms with van der Waals surface area (Å²) in [5, 5.41) is 1.05. The van der Waals surface area contributed by atoms with Crippen molar-refractivity contribution in [3.8, 4) is 0 Å². The molecule has 4 nitrogen and oxygen atoms in total. The van der Waals surface area contributed by atoms with Gasteiger partial charge in [-0.15, -0.1) is 24.8 Å². The predicted octanol–water partition coefficient (Wildman–Crippen LogP) is 2.89. The first-order valence-corrected chi connectivity index (χ1v) is 6.96. The first-order valence-electron chi connectivity index (χ1n) is 6.96. The summed E-state index contributed by atoms with van der Waals surface area (Å²) in [7, 11) is 0. The molecule has 1 aromatic carbocycles. The number of carbonyl (C=O) groups is 1. The Balaban J connectivity index is 0.00000121. The summed E-state index contributed by atoms with van der Waals surface area (Å²) in [5.41, 5.74) is 7.22. The number of nitrogens with two attached hydrogens (primary N) is 1. The molecule has 0 aliphatic carbocycles. The van der Waals surface area contributed by atoms with E-state index in [0.717, 1.165) is 30.4 Å². The summed E-state index contributed by atoms with van der Waals surface area (Å²) in [4.78, 5) is 18.9. The van der Waals surface area contributed by atoms with E-state index in [1.54, 1.807) is 0 Å². The second-order valence-electron chi connectivity index (χ2n) is 5.88. The van der Waals surface area contributed by atoms with Crippen molar-refractivity contribution in [1.29, 1.82) is 0 Å². The molecule has 0 radical (unpaired) electrons. The molecule has 0 saturated carbocycles. The zero-order valence-electron chi connectivity index (χ0n) is 12.5. The topological polar surface area (TPSA) is 59.2 Å². The van der Waals surface area contributed by atoms with Gasteiger partial charge in [0.2, 0.25) is 0 Å². The van der Waals surface area contributed by atoms with Gasteiger partial charge in [-0.2, -0.15) is 0 Å². The maximum Gasteiger partial charge on any atom is 0.272 e. The van der Waals surface area contributed by atoms with Gasteiger partial charge in [-0.1, -0.05) is 31.2 Å². The molecule has 0 bridgehead atoms. The van der Waals surface area contributed by atoms with Crippen LogP contribution in [-0.4, -0.2) is 35.4 Å². The molecule has 1 unspecified atom stereocenters. The van der Waals surface area contributed by atoms with Crippen LogP contribution in [0.25, 0.3) is 10.9 Å². The Morgan fingerprint density at radius 3 is 2.68 bits per heavy atom. The lowest BCUT2D eigenvalue weighted by Gasteiger charge is -2.22. The number of halogens is 2. The van der Waals surface area contributed by atoms with Gasteiger partial charge in [0, 0.05) is 18.5 Å². The minimum absolute atomic E-state index is 0. The third-order valence-electron chi connectivity index (χ3n) is 4.16. The summed E-state index contributed by atoms with van der Waals surface area (Å²) in [6, 6.07) is 11.6. The molecule has 1 aromatic heterocycles. The highest BCUT2D eigenvalue weighted by Crippen LogP contribution is 2.29. The minimum Gasteiger partial charge on any atom is -0.337 e. The Labute approximate surface area is 142 Å². The van der Waals surface area contributed by atoms with Crippen LogP contribution in [0, 0.1) is 5.41 Å². The van der Waals surface area contributed by atoms with Gasteiger partial charge in [-0.05, 0) is 30.5 Å². The molecule has 1 aliphatic rings. The van der Waals surface area contributed by atoms with E-state index in [1.807, 2.05) is 41.3 Å². The molecular weight excluding hydrogens is 321 g/mol. The van der Waals surface area contributed by atoms with Gasteiger partial charge in [0.1, 0.15) is 5.69 Å². The Kier molecular flexibility index (Phi) is 6.17. The van der Waals surface area contributed by atoms with Crippen LogP contribution < -0.4 is 5.73 Å². The highest BCUT2D eigenvalue weighted by molar-refractivity contribution is 5.95. The fraction of sp³-hybridized carbons (Fsp3) is 0.375. The first kappa shape index (κ1) is 18.7. The molecule has 1 fully saturated rings. The fourth-order valence-corrected chi connectivity index (χ4v) is 2.71. The molecule has 1 amide bonds. The number of hydrogen-bond donors (Lipinski definition) is 1. The van der Waals surface area contributed by atoms with E-state index in [4.69, 9.17) is 5.73 Å². The van der Waals surface area contributed by atoms with Gasteiger partial charge < -0.3 is 10.6 Å². The van der Waals surface area contributed by atoms with Crippen molar-refractivity contribution in [1.82, 2.24) is 9.88 Å². The first-order chi connectivity index (χ1) is 9.61. The van der Waals surface area contributed by atoms with E-state index < -0.39 is 0 Å². The van der Waals surface area contributed by atoms with Crippen molar-refractivity contribution in [3.05, 3.63) is 42.1 Å². The van der Waals surface area contributed by atoms with Crippen LogP contribution in [0.15, 0.2) is 36.4 Å². The maximum atomic E-state index is 12.5. The lowest BCUT2D eigenvalue weighted by atomic mass is 9.90. The van der Waals surface area contributed by atoms with Crippen LogP contribution in [0.2, 0.25) is 0 Å². The number of hydrogen-bond acceptors (Lipinski definition) is 3. The SMILES string of the molecule is CC1(CN)CCN(C(=O)c2ccc3ccccc3n2)C1.Cl.Cl. The highest BCUT2D eigenvalue weighted by Gasteiger charge is 2.35. The smallest absolute Gasteiger partial charge is 0.272 e. The third kappa shape index (κ3) is 3.51. The average Bonchev–Trinajstić information content (AvgIpc) is 2.89. The van der Waals surface area contributed by atoms with Gasteiger partial charge in [0.05, 0.1) is 5.52 Å². The molecule has 120 valence electrons. The van der Waals surface area contributed by atoms with Crippen LogP contribution in [0.5, 0.6) is 0 Å². The number of benzene rings is 1. The van der Waals surface area contributed by atoms with Crippen molar-refractivity contribution in [2.24, 2.45) is 11.1 Å². The second-order valence-corrected chi connectivity index (χ2v) is 5.88. The quantitative estimate of drug-likeness (QED) is 0.913. The Morgan fingerprint density at radius 2 is 2.00 bits per heavy atom. The zero-order valence-corrected chi connectivity index (χ0v) is 14.1. The van der Waals surface area contributed by atoms with Crippen LogP contribution in [-0.2, 0) is 0 Å². The summed E-state index contributed by atoms with van der Waals surface area (Å²) >= 11 is 0. The zero-order chi connectivity index (χ0) is 14.2. The third-order valence-corrected chi connectivity index (χ3v) is 4.16. The summed E-state index contributed by atoms with van der Waals surface area (Å²) < 4.78 is 0. The van der Waals surface area contributed by atoms with Crippen LogP contribution in [0.4, 0.5) is 0 Å². The van der Waals surface area contributed by atoms with Crippen molar-refractivity contribution in [2.75, 3.05) is 19.6 Å². The molecule has 22 heavy (non-hydrogen) atoms. The molecule has 3 rings (SSSR count). The maximum absolute atomic E-state index is 12.5. The summed E-state index contributed by atoms with van der Waals surface area (Å²) in [6.45, 7) is 4.23. The number of amides is 1. The minimum atomic E-state index is 0. The van der Waals surface area contributed by atoms with Crippen LogP contribution in [0.3, 0.4) is 0 Å². The predicted molar refractivity (Wildman–Crippen MR) is 93.9 cm³/mol. The van der Waals surface area contributed by atoms with Crippen LogP contribution >= 0.6 is 24.8 Å². The van der Waals surface area contributed by atoms with Crippen molar-refractivity contribution < 1.29 is 4.79 Å². The van der Waals surface area contributed by atoms with E-state index in [9.17, 15) is 4.79 Å². The summed E-state index contributed by atoms with van der Waals surface area (Å²) in [6.07, 6.45) is 0.961. The molecule has 2 N–H and O–H groups in total. The Bertz CT molecular complexity index is 665. The number of fused-ring (bicyclic) bond motifs is 1. The Hall–Kier alpha value is -1.36. The monoisotopic (exact) mass is 341 g/mol. The van der Waals surface area contributed by atoms with E-state index in [1.165, 1.54) is 0 Å². The lowest BCUT2D eigenvalue weighted by Crippen LogP contribution is -2.34. The average molecular weight is 342 g/mol. The second kappa shape index (κ2) is 7.27. The highest BCUT2D eigenvalue weighted by atomic mass is 35.5. The number of carbonyl (C=O) groups excluding carboxylic acids is 1. The lowest BCUT2D eigenvalue weighted by molar-refractivity contribution is 0.0771. The number of nitrogens with zero attached hydrogens (tertiary/aromatic N) is 2. The van der Waals surface area contributed by atoms with E-state index in [0.29, 0.717) is 12.2 Å². The summed E-state index contributed by atoms with van der Waals surface area (Å²) in [5.74, 6) is 0.00734. The van der Waals surface area contributed by atoms with E-state index in [-0.39, 0.29) is 36.1 Å². The van der Waals surface area contributed by atoms with Gasteiger partial charge in [0.25, 0.3) is 5.91 Å². The van der Waals surface area contributed by atoms with Crippen LogP contribution in [0.1, 0.15) is 23.8 Å². The van der Waals surface area contributed by atoms with E-state index in [2.05, 4.69) is 11.9 Å². The van der Waals surface area contributed by atoms with Gasteiger partial charge >= 0.3 is 0 Å². The van der Waals surface area contributed by atoms with Gasteiger partial charge in [-0.3, -0.25) is 4.79 Å². The van der Waals surface area contributed by atoms with Gasteiger partial charge in [-0.25, -0.2) is 4.98 Å². The van der Waals surface area contributed by atoms with Crippen molar-refractivity contribution in [2.45, 2.75) is 13.3 Å².